The van der Waals surface area contributed by atoms with Crippen molar-refractivity contribution in [3.05, 3.63) is 0 Å². The molecule has 19 heavy (non-hydrogen) atoms. The monoisotopic (exact) mass is 346 g/mol. The van der Waals surface area contributed by atoms with Crippen LogP contribution >= 0.6 is 0 Å². The van der Waals surface area contributed by atoms with Crippen molar-refractivity contribution < 1.29 is 12.3 Å². The topological polar surface area (TPSA) is 27.7 Å². The van der Waals surface area contributed by atoms with Crippen molar-refractivity contribution in [3.63, 3.8) is 0 Å². The lowest BCUT2D eigenvalue weighted by Gasteiger charge is -2.31. The van der Waals surface area contributed by atoms with E-state index < -0.39 is 35.2 Å². The van der Waals surface area contributed by atoms with Gasteiger partial charge in [-0.2, -0.15) is 0 Å². The Balaban J connectivity index is -0.000000163. The molecule has 0 spiro atoms. The third kappa shape index (κ3) is 21.2. The van der Waals surface area contributed by atoms with Gasteiger partial charge in [0.1, 0.15) is 0 Å². The van der Waals surface area contributed by atoms with Gasteiger partial charge in [0, 0.05) is 0 Å². The van der Waals surface area contributed by atoms with Gasteiger partial charge in [0.15, 0.2) is 17.4 Å². The third-order valence-corrected chi connectivity index (χ3v) is 13.4. The smallest absolute Gasteiger partial charge is 0.312 e. The molecule has 0 bridgehead atoms. The predicted molar refractivity (Wildman–Crippen MR) is 103 cm³/mol. The van der Waals surface area contributed by atoms with Crippen LogP contribution in [0.1, 0.15) is 29.7 Å². The zero-order valence-electron chi connectivity index (χ0n) is 11.4. The Hall–Kier alpha value is 0.748. The fourth-order valence-electron chi connectivity index (χ4n) is 1.52. The molecule has 0 aromatic carbocycles. The van der Waals surface area contributed by atoms with Crippen LogP contribution in [0.15, 0.2) is 0 Å². The van der Waals surface area contributed by atoms with Gasteiger partial charge in [0.05, 0.1) is 0 Å². The summed E-state index contributed by atoms with van der Waals surface area (Å²) in [6, 6.07) is 0. The highest BCUT2D eigenvalue weighted by atomic mass is 28.5. The SMILES string of the molecule is C.C.C.C.C[SiH](C)O[Si](C)(C)O[SiH](C)O[Si](C)(C)C. The molecule has 7 heteroatoms. The maximum absolute atomic E-state index is 6.03. The Morgan fingerprint density at radius 2 is 1.00 bits per heavy atom. The molecule has 0 fully saturated rings. The molecule has 1 atom stereocenters. The molecule has 3 nitrogen and oxygen atoms in total. The first-order chi connectivity index (χ1) is 6.52. The van der Waals surface area contributed by atoms with E-state index in [2.05, 4.69) is 52.4 Å². The van der Waals surface area contributed by atoms with Crippen LogP contribution in [0.4, 0.5) is 0 Å². The molecule has 0 aliphatic carbocycles. The van der Waals surface area contributed by atoms with Crippen LogP contribution in [0.25, 0.3) is 0 Å². The van der Waals surface area contributed by atoms with Gasteiger partial charge < -0.3 is 12.3 Å². The summed E-state index contributed by atoms with van der Waals surface area (Å²) in [5.74, 6) is 0. The van der Waals surface area contributed by atoms with Crippen molar-refractivity contribution in [2.24, 2.45) is 0 Å². The molecule has 0 saturated heterocycles. The van der Waals surface area contributed by atoms with Crippen LogP contribution in [-0.2, 0) is 12.3 Å². The second-order valence-electron chi connectivity index (χ2n) is 5.48. The van der Waals surface area contributed by atoms with E-state index in [1.807, 2.05) is 0 Å². The Morgan fingerprint density at radius 3 is 1.26 bits per heavy atom. The molecule has 0 aromatic heterocycles. The fourth-order valence-corrected chi connectivity index (χ4v) is 14.6. The van der Waals surface area contributed by atoms with E-state index in [1.165, 1.54) is 0 Å². The number of hydrogen-bond donors (Lipinski definition) is 0. The first kappa shape index (κ1) is 31.9. The average molecular weight is 347 g/mol. The lowest BCUT2D eigenvalue weighted by Crippen LogP contribution is -2.46. The second-order valence-corrected chi connectivity index (χ2v) is 18.6. The van der Waals surface area contributed by atoms with Crippen molar-refractivity contribution >= 4 is 35.2 Å². The van der Waals surface area contributed by atoms with Gasteiger partial charge in [-0.25, -0.2) is 0 Å². The molecule has 0 N–H and O–H groups in total. The molecule has 0 amide bonds. The highest BCUT2D eigenvalue weighted by molar-refractivity contribution is 6.81. The molecular formula is C12H42O3Si4. The van der Waals surface area contributed by atoms with E-state index in [-0.39, 0.29) is 29.7 Å². The van der Waals surface area contributed by atoms with Gasteiger partial charge in [-0.05, 0) is 52.4 Å². The maximum atomic E-state index is 6.03. The molecule has 0 heterocycles. The van der Waals surface area contributed by atoms with Crippen molar-refractivity contribution in [3.8, 4) is 0 Å². The van der Waals surface area contributed by atoms with E-state index in [9.17, 15) is 0 Å². The van der Waals surface area contributed by atoms with Crippen molar-refractivity contribution in [2.75, 3.05) is 0 Å². The van der Waals surface area contributed by atoms with E-state index >= 15 is 0 Å². The van der Waals surface area contributed by atoms with E-state index in [1.54, 1.807) is 0 Å². The summed E-state index contributed by atoms with van der Waals surface area (Å²) in [5.41, 5.74) is 0. The number of rotatable bonds is 6. The maximum Gasteiger partial charge on any atom is 0.312 e. The molecule has 0 aliphatic heterocycles. The molecule has 1 unspecified atom stereocenters. The molecule has 0 radical (unpaired) electrons. The minimum Gasteiger partial charge on any atom is -0.440 e. The largest absolute Gasteiger partial charge is 0.440 e. The quantitative estimate of drug-likeness (QED) is 0.637. The Bertz CT molecular complexity index is 194. The predicted octanol–water partition coefficient (Wildman–Crippen LogP) is 4.95. The zero-order chi connectivity index (χ0) is 12.3. The standard InChI is InChI=1S/C8H26O3Si4.4CH4/c1-12(2)9-15(7,8)11-13(3)10-14(4,5)6;;;;/h12-13H,1-8H3;4*1H4. The van der Waals surface area contributed by atoms with Crippen LogP contribution in [0, 0.1) is 0 Å². The average Bonchev–Trinajstić information content (AvgIpc) is 1.73. The minimum absolute atomic E-state index is 0. The first-order valence-corrected chi connectivity index (χ1v) is 16.7. The highest BCUT2D eigenvalue weighted by Crippen LogP contribution is 2.13. The number of hydrogen-bond acceptors (Lipinski definition) is 3. The van der Waals surface area contributed by atoms with Crippen molar-refractivity contribution in [1.29, 1.82) is 0 Å². The third-order valence-electron chi connectivity index (χ3n) is 1.49. The molecule has 0 saturated carbocycles. The van der Waals surface area contributed by atoms with Crippen LogP contribution < -0.4 is 0 Å². The van der Waals surface area contributed by atoms with Gasteiger partial charge in [-0.3, -0.25) is 0 Å². The van der Waals surface area contributed by atoms with Crippen molar-refractivity contribution in [2.45, 2.75) is 82.1 Å². The van der Waals surface area contributed by atoms with Crippen LogP contribution in [0.3, 0.4) is 0 Å². The van der Waals surface area contributed by atoms with Gasteiger partial charge in [0.25, 0.3) is 9.28 Å². The van der Waals surface area contributed by atoms with E-state index in [0.717, 1.165) is 0 Å². The summed E-state index contributed by atoms with van der Waals surface area (Å²) in [4.78, 5) is 0. The van der Waals surface area contributed by atoms with Gasteiger partial charge in [-0.15, -0.1) is 0 Å². The fraction of sp³-hybridized carbons (Fsp3) is 1.00. The van der Waals surface area contributed by atoms with Crippen LogP contribution in [0.5, 0.6) is 0 Å². The van der Waals surface area contributed by atoms with Crippen LogP contribution in [-0.4, -0.2) is 35.2 Å². The first-order valence-electron chi connectivity index (χ1n) is 5.55. The summed E-state index contributed by atoms with van der Waals surface area (Å²) in [7, 11) is -5.84. The lowest BCUT2D eigenvalue weighted by atomic mass is 11.8. The summed E-state index contributed by atoms with van der Waals surface area (Å²) >= 11 is 0. The second kappa shape index (κ2) is 12.5. The van der Waals surface area contributed by atoms with E-state index in [0.29, 0.717) is 0 Å². The summed E-state index contributed by atoms with van der Waals surface area (Å²) in [5, 5.41) is 0. The molecule has 124 valence electrons. The minimum atomic E-state index is -1.91. The molecule has 0 aromatic rings. The van der Waals surface area contributed by atoms with Crippen molar-refractivity contribution in [1.82, 2.24) is 0 Å². The van der Waals surface area contributed by atoms with Gasteiger partial charge in [-0.1, -0.05) is 29.7 Å². The Labute approximate surface area is 130 Å². The summed E-state index contributed by atoms with van der Waals surface area (Å²) in [6.45, 7) is 17.3. The Morgan fingerprint density at radius 1 is 0.632 bits per heavy atom. The lowest BCUT2D eigenvalue weighted by molar-refractivity contribution is 0.357. The van der Waals surface area contributed by atoms with Gasteiger partial charge >= 0.3 is 8.56 Å². The molecule has 0 rings (SSSR count). The van der Waals surface area contributed by atoms with Crippen LogP contribution in [0.2, 0.25) is 52.4 Å². The molecule has 0 aliphatic rings. The normalized spacial score (nSPS) is 12.5. The summed E-state index contributed by atoms with van der Waals surface area (Å²) in [6.07, 6.45) is 0. The van der Waals surface area contributed by atoms with E-state index in [4.69, 9.17) is 12.3 Å². The highest BCUT2D eigenvalue weighted by Gasteiger charge is 2.31. The molecular weight excluding hydrogens is 304 g/mol. The summed E-state index contributed by atoms with van der Waals surface area (Å²) < 4.78 is 18.0. The van der Waals surface area contributed by atoms with Gasteiger partial charge in [0.2, 0.25) is 0 Å². The zero-order valence-corrected chi connectivity index (χ0v) is 15.7. The Kier molecular flexibility index (Phi) is 21.0.